The predicted molar refractivity (Wildman–Crippen MR) is 130 cm³/mol. The van der Waals surface area contributed by atoms with Gasteiger partial charge in [0.1, 0.15) is 0 Å². The molecular weight excluding hydrogens is 433 g/mol. The van der Waals surface area contributed by atoms with E-state index in [0.29, 0.717) is 26.3 Å². The molecule has 1 heterocycles. The molecule has 0 spiro atoms. The molecule has 1 aromatic heterocycles. The number of hydrogen-bond acceptors (Lipinski definition) is 2. The molecule has 0 amide bonds. The highest BCUT2D eigenvalue weighted by Crippen LogP contribution is 2.31. The Hall–Kier alpha value is -2.46. The lowest BCUT2D eigenvalue weighted by Gasteiger charge is -2.08. The van der Waals surface area contributed by atoms with Gasteiger partial charge in [-0.2, -0.15) is 0 Å². The lowest BCUT2D eigenvalue weighted by molar-refractivity contribution is 0.104. The standard InChI is InChI=1S/C25H19Cl2NOS/c1-16-2-4-17(5-3-16)15-30-24(25(29)18-6-8-20(26)9-7-18)12-19-14-28-23-11-10-21(27)13-22(19)23/h2-14,28H,15H2,1H3/b24-12+. The number of H-pyrrole nitrogens is 1. The summed E-state index contributed by atoms with van der Waals surface area (Å²) in [5, 5.41) is 2.25. The maximum atomic E-state index is 13.3. The van der Waals surface area contributed by atoms with E-state index in [4.69, 9.17) is 23.2 Å². The second kappa shape index (κ2) is 9.13. The van der Waals surface area contributed by atoms with Crippen molar-refractivity contribution in [1.29, 1.82) is 0 Å². The fourth-order valence-electron chi connectivity index (χ4n) is 3.14. The van der Waals surface area contributed by atoms with Crippen molar-refractivity contribution in [3.05, 3.63) is 110 Å². The van der Waals surface area contributed by atoms with E-state index in [-0.39, 0.29) is 5.78 Å². The van der Waals surface area contributed by atoms with Gasteiger partial charge in [-0.1, -0.05) is 53.0 Å². The monoisotopic (exact) mass is 451 g/mol. The molecule has 0 bridgehead atoms. The van der Waals surface area contributed by atoms with Crippen molar-refractivity contribution < 1.29 is 4.79 Å². The van der Waals surface area contributed by atoms with E-state index in [1.165, 1.54) is 22.9 Å². The average Bonchev–Trinajstić information content (AvgIpc) is 3.14. The van der Waals surface area contributed by atoms with Crippen molar-refractivity contribution >= 4 is 57.7 Å². The van der Waals surface area contributed by atoms with Gasteiger partial charge in [-0.25, -0.2) is 0 Å². The van der Waals surface area contributed by atoms with Gasteiger partial charge in [0, 0.05) is 44.0 Å². The van der Waals surface area contributed by atoms with Crippen LogP contribution in [0, 0.1) is 6.92 Å². The largest absolute Gasteiger partial charge is 0.361 e. The average molecular weight is 452 g/mol. The van der Waals surface area contributed by atoms with E-state index in [2.05, 4.69) is 36.2 Å². The Labute approximate surface area is 189 Å². The Morgan fingerprint density at radius 1 is 0.967 bits per heavy atom. The van der Waals surface area contributed by atoms with Crippen LogP contribution in [0.5, 0.6) is 0 Å². The van der Waals surface area contributed by atoms with Crippen LogP contribution in [0.4, 0.5) is 0 Å². The summed E-state index contributed by atoms with van der Waals surface area (Å²) in [6.45, 7) is 2.06. The first-order chi connectivity index (χ1) is 14.5. The summed E-state index contributed by atoms with van der Waals surface area (Å²) in [7, 11) is 0. The second-order valence-corrected chi connectivity index (χ2v) is 8.94. The number of fused-ring (bicyclic) bond motifs is 1. The van der Waals surface area contributed by atoms with Crippen molar-refractivity contribution in [3.63, 3.8) is 0 Å². The number of nitrogens with one attached hydrogen (secondary N) is 1. The fraction of sp³-hybridized carbons (Fsp3) is 0.0800. The van der Waals surface area contributed by atoms with Crippen LogP contribution in [-0.2, 0) is 5.75 Å². The molecule has 150 valence electrons. The number of carbonyl (C=O) groups is 1. The van der Waals surface area contributed by atoms with Crippen molar-refractivity contribution in [2.24, 2.45) is 0 Å². The molecule has 0 fully saturated rings. The van der Waals surface area contributed by atoms with Gasteiger partial charge in [0.2, 0.25) is 0 Å². The number of halogens is 2. The first-order valence-corrected chi connectivity index (χ1v) is 11.2. The number of aromatic nitrogens is 1. The summed E-state index contributed by atoms with van der Waals surface area (Å²) in [4.78, 5) is 17.2. The first kappa shape index (κ1) is 20.8. The molecule has 0 aliphatic rings. The molecule has 1 N–H and O–H groups in total. The van der Waals surface area contributed by atoms with Crippen molar-refractivity contribution in [2.45, 2.75) is 12.7 Å². The number of allylic oxidation sites excluding steroid dienone is 1. The van der Waals surface area contributed by atoms with E-state index >= 15 is 0 Å². The van der Waals surface area contributed by atoms with Crippen molar-refractivity contribution in [1.82, 2.24) is 4.98 Å². The molecule has 0 unspecified atom stereocenters. The van der Waals surface area contributed by atoms with Crippen molar-refractivity contribution in [3.8, 4) is 0 Å². The number of thioether (sulfide) groups is 1. The predicted octanol–water partition coefficient (Wildman–Crippen LogP) is 7.94. The van der Waals surface area contributed by atoms with Gasteiger partial charge in [-0.15, -0.1) is 11.8 Å². The van der Waals surface area contributed by atoms with E-state index in [1.54, 1.807) is 24.3 Å². The third-order valence-electron chi connectivity index (χ3n) is 4.81. The van der Waals surface area contributed by atoms with Crippen LogP contribution >= 0.6 is 35.0 Å². The topological polar surface area (TPSA) is 32.9 Å². The molecule has 4 rings (SSSR count). The summed E-state index contributed by atoms with van der Waals surface area (Å²) >= 11 is 13.7. The smallest absolute Gasteiger partial charge is 0.199 e. The number of aromatic amines is 1. The number of ketones is 1. The number of rotatable bonds is 6. The van der Waals surface area contributed by atoms with Crippen molar-refractivity contribution in [2.75, 3.05) is 0 Å². The molecule has 0 aliphatic carbocycles. The summed E-state index contributed by atoms with van der Waals surface area (Å²) in [5.74, 6) is 0.675. The van der Waals surface area contributed by atoms with Crippen LogP contribution in [0.25, 0.3) is 17.0 Å². The molecular formula is C25H19Cl2NOS. The Morgan fingerprint density at radius 2 is 1.67 bits per heavy atom. The van der Waals surface area contributed by atoms with Gasteiger partial charge in [0.25, 0.3) is 0 Å². The van der Waals surface area contributed by atoms with Crippen LogP contribution in [-0.4, -0.2) is 10.8 Å². The normalized spacial score (nSPS) is 11.8. The zero-order chi connectivity index (χ0) is 21.1. The maximum absolute atomic E-state index is 13.3. The molecule has 30 heavy (non-hydrogen) atoms. The highest BCUT2D eigenvalue weighted by molar-refractivity contribution is 8.03. The number of carbonyl (C=O) groups excluding carboxylic acids is 1. The minimum Gasteiger partial charge on any atom is -0.361 e. The maximum Gasteiger partial charge on any atom is 0.199 e. The lowest BCUT2D eigenvalue weighted by atomic mass is 10.1. The summed E-state index contributed by atoms with van der Waals surface area (Å²) in [5.41, 5.74) is 4.91. The Kier molecular flexibility index (Phi) is 6.33. The lowest BCUT2D eigenvalue weighted by Crippen LogP contribution is -2.01. The van der Waals surface area contributed by atoms with Crippen LogP contribution in [0.2, 0.25) is 10.0 Å². The highest BCUT2D eigenvalue weighted by atomic mass is 35.5. The van der Waals surface area contributed by atoms with Gasteiger partial charge in [0.15, 0.2) is 5.78 Å². The number of hydrogen-bond donors (Lipinski definition) is 1. The molecule has 2 nitrogen and oxygen atoms in total. The first-order valence-electron chi connectivity index (χ1n) is 9.46. The summed E-state index contributed by atoms with van der Waals surface area (Å²) in [6.07, 6.45) is 3.84. The number of benzene rings is 3. The van der Waals surface area contributed by atoms with Crippen LogP contribution < -0.4 is 0 Å². The highest BCUT2D eigenvalue weighted by Gasteiger charge is 2.15. The number of Topliss-reactive ketones (excluding diaryl/α,β-unsaturated/α-hetero) is 1. The summed E-state index contributed by atoms with van der Waals surface area (Å²) in [6, 6.07) is 21.1. The molecule has 4 aromatic rings. The molecule has 0 aliphatic heterocycles. The van der Waals surface area contributed by atoms with Crippen LogP contribution in [0.1, 0.15) is 27.0 Å². The third-order valence-corrected chi connectivity index (χ3v) is 6.39. The molecule has 3 aromatic carbocycles. The molecule has 0 saturated carbocycles. The number of aryl methyl sites for hydroxylation is 1. The molecule has 5 heteroatoms. The van der Waals surface area contributed by atoms with Gasteiger partial charge >= 0.3 is 0 Å². The SMILES string of the molecule is Cc1ccc(CS/C(=C/c2c[nH]c3ccc(Cl)cc23)C(=O)c2ccc(Cl)cc2)cc1. The van der Waals surface area contributed by atoms with Crippen LogP contribution in [0.3, 0.4) is 0 Å². The van der Waals surface area contributed by atoms with E-state index in [1.807, 2.05) is 30.5 Å². The quantitative estimate of drug-likeness (QED) is 0.238. The summed E-state index contributed by atoms with van der Waals surface area (Å²) < 4.78 is 0. The van der Waals surface area contributed by atoms with Gasteiger partial charge in [-0.3, -0.25) is 4.79 Å². The Morgan fingerprint density at radius 3 is 2.40 bits per heavy atom. The fourth-order valence-corrected chi connectivity index (χ4v) is 4.41. The molecule has 0 saturated heterocycles. The minimum atomic E-state index is -0.0276. The van der Waals surface area contributed by atoms with Gasteiger partial charge in [0.05, 0.1) is 4.91 Å². The zero-order valence-corrected chi connectivity index (χ0v) is 18.6. The van der Waals surface area contributed by atoms with Gasteiger partial charge in [-0.05, 0) is 61.0 Å². The van der Waals surface area contributed by atoms with E-state index in [0.717, 1.165) is 16.5 Å². The third kappa shape index (κ3) is 4.81. The van der Waals surface area contributed by atoms with E-state index in [9.17, 15) is 4.79 Å². The minimum absolute atomic E-state index is 0.0276. The Bertz CT molecular complexity index is 1220. The molecule has 0 radical (unpaired) electrons. The second-order valence-electron chi connectivity index (χ2n) is 7.05. The molecule has 0 atom stereocenters. The van der Waals surface area contributed by atoms with E-state index < -0.39 is 0 Å². The zero-order valence-electron chi connectivity index (χ0n) is 16.3. The van der Waals surface area contributed by atoms with Crippen LogP contribution in [0.15, 0.2) is 77.8 Å². The van der Waals surface area contributed by atoms with Gasteiger partial charge < -0.3 is 4.98 Å². The Balaban J connectivity index is 1.70.